The Hall–Kier alpha value is -2.16. The number of nitrogens with zero attached hydrogens (tertiary/aromatic N) is 3. The number of thiazole rings is 1. The third-order valence-corrected chi connectivity index (χ3v) is 2.57. The number of rotatable bonds is 4. The number of nitro groups is 1. The first-order valence-corrected chi connectivity index (χ1v) is 5.03. The Balaban J connectivity index is 2.43. The van der Waals surface area contributed by atoms with Gasteiger partial charge in [-0.25, -0.2) is 0 Å². The summed E-state index contributed by atoms with van der Waals surface area (Å²) in [5, 5.41) is 23.3. The van der Waals surface area contributed by atoms with Crippen molar-refractivity contribution < 1.29 is 14.8 Å². The first-order chi connectivity index (χ1) is 7.59. The van der Waals surface area contributed by atoms with Crippen LogP contribution >= 0.6 is 11.3 Å². The van der Waals surface area contributed by atoms with Gasteiger partial charge in [0, 0.05) is 5.38 Å². The standard InChI is InChI=1S/C7H6N4O4S/c12-4(13)3-8-5-6(11(14)15)10-1-2-16-7(10)9-5/h1-2,8H,3H2,(H,12,13). The van der Waals surface area contributed by atoms with E-state index < -0.39 is 17.4 Å². The van der Waals surface area contributed by atoms with Crippen LogP contribution in [0, 0.1) is 10.1 Å². The average Bonchev–Trinajstić information content (AvgIpc) is 2.71. The van der Waals surface area contributed by atoms with Crippen LogP contribution in [0.25, 0.3) is 4.96 Å². The number of nitrogens with one attached hydrogen (secondary N) is 1. The summed E-state index contributed by atoms with van der Waals surface area (Å²) >= 11 is 1.23. The van der Waals surface area contributed by atoms with Crippen molar-refractivity contribution in [2.24, 2.45) is 0 Å². The fourth-order valence-electron chi connectivity index (χ4n) is 1.23. The summed E-state index contributed by atoms with van der Waals surface area (Å²) < 4.78 is 1.30. The highest BCUT2D eigenvalue weighted by Gasteiger charge is 2.23. The van der Waals surface area contributed by atoms with Gasteiger partial charge in [-0.15, -0.1) is 0 Å². The maximum absolute atomic E-state index is 10.8. The lowest BCUT2D eigenvalue weighted by Gasteiger charge is -1.98. The van der Waals surface area contributed by atoms with E-state index in [1.54, 1.807) is 5.38 Å². The molecule has 2 aromatic heterocycles. The molecule has 0 aliphatic rings. The number of hydrogen-bond acceptors (Lipinski definition) is 6. The molecule has 2 aromatic rings. The topological polar surface area (TPSA) is 110 Å². The Labute approximate surface area is 92.3 Å². The molecular weight excluding hydrogens is 236 g/mol. The van der Waals surface area contributed by atoms with Gasteiger partial charge >= 0.3 is 11.8 Å². The molecule has 0 aromatic carbocycles. The highest BCUT2D eigenvalue weighted by Crippen LogP contribution is 2.27. The second kappa shape index (κ2) is 3.77. The molecule has 0 atom stereocenters. The fourth-order valence-corrected chi connectivity index (χ4v) is 1.94. The van der Waals surface area contributed by atoms with Crippen LogP contribution in [0.5, 0.6) is 0 Å². The van der Waals surface area contributed by atoms with Gasteiger partial charge in [-0.1, -0.05) is 11.3 Å². The van der Waals surface area contributed by atoms with E-state index in [0.29, 0.717) is 4.96 Å². The minimum atomic E-state index is -1.11. The largest absolute Gasteiger partial charge is 0.480 e. The Morgan fingerprint density at radius 1 is 1.75 bits per heavy atom. The summed E-state index contributed by atoms with van der Waals surface area (Å²) in [5.41, 5.74) is 0. The fraction of sp³-hybridized carbons (Fsp3) is 0.143. The summed E-state index contributed by atoms with van der Waals surface area (Å²) in [4.78, 5) is 24.9. The van der Waals surface area contributed by atoms with Crippen LogP contribution in [0.2, 0.25) is 0 Å². The number of anilines is 1. The summed E-state index contributed by atoms with van der Waals surface area (Å²) in [6.07, 6.45) is 1.51. The highest BCUT2D eigenvalue weighted by atomic mass is 32.1. The van der Waals surface area contributed by atoms with Crippen LogP contribution in [0.1, 0.15) is 0 Å². The van der Waals surface area contributed by atoms with Gasteiger partial charge in [0.25, 0.3) is 4.96 Å². The van der Waals surface area contributed by atoms with E-state index in [2.05, 4.69) is 10.3 Å². The molecule has 0 aliphatic carbocycles. The molecule has 0 radical (unpaired) electrons. The zero-order valence-corrected chi connectivity index (χ0v) is 8.60. The van der Waals surface area contributed by atoms with Gasteiger partial charge in [0.05, 0.1) is 0 Å². The molecule has 2 N–H and O–H groups in total. The predicted octanol–water partition coefficient (Wildman–Crippen LogP) is 0.800. The molecule has 0 aliphatic heterocycles. The molecule has 16 heavy (non-hydrogen) atoms. The van der Waals surface area contributed by atoms with Crippen molar-refractivity contribution in [2.75, 3.05) is 11.9 Å². The minimum absolute atomic E-state index is 0.0285. The van der Waals surface area contributed by atoms with Crippen molar-refractivity contribution in [3.05, 3.63) is 21.7 Å². The third-order valence-electron chi connectivity index (χ3n) is 1.82. The van der Waals surface area contributed by atoms with Gasteiger partial charge in [-0.3, -0.25) is 4.79 Å². The number of imidazole rings is 1. The number of hydrogen-bond donors (Lipinski definition) is 2. The van der Waals surface area contributed by atoms with Crippen LogP contribution in [0.4, 0.5) is 11.6 Å². The van der Waals surface area contributed by atoms with Gasteiger partial charge in [0.1, 0.15) is 12.7 Å². The van der Waals surface area contributed by atoms with Crippen molar-refractivity contribution in [3.8, 4) is 0 Å². The molecule has 0 amide bonds. The van der Waals surface area contributed by atoms with Crippen LogP contribution in [0.15, 0.2) is 11.6 Å². The van der Waals surface area contributed by atoms with Crippen LogP contribution in [-0.2, 0) is 4.79 Å². The van der Waals surface area contributed by atoms with Gasteiger partial charge in [0.2, 0.25) is 5.82 Å². The molecule has 8 nitrogen and oxygen atoms in total. The van der Waals surface area contributed by atoms with E-state index >= 15 is 0 Å². The summed E-state index contributed by atoms with van der Waals surface area (Å²) in [5.74, 6) is -1.39. The first kappa shape index (κ1) is 10.4. The smallest absolute Gasteiger partial charge is 0.372 e. The molecule has 2 rings (SSSR count). The van der Waals surface area contributed by atoms with Gasteiger partial charge in [-0.2, -0.15) is 9.38 Å². The molecule has 2 heterocycles. The Morgan fingerprint density at radius 3 is 3.12 bits per heavy atom. The lowest BCUT2D eigenvalue weighted by atomic mass is 10.5. The molecule has 0 fully saturated rings. The number of carbonyl (C=O) groups is 1. The monoisotopic (exact) mass is 242 g/mol. The second-order valence-corrected chi connectivity index (χ2v) is 3.72. The Kier molecular flexibility index (Phi) is 2.44. The normalized spacial score (nSPS) is 10.5. The number of carboxylic acid groups (broad SMARTS) is 1. The molecule has 0 saturated carbocycles. The van der Waals surface area contributed by atoms with E-state index in [1.165, 1.54) is 21.9 Å². The minimum Gasteiger partial charge on any atom is -0.480 e. The van der Waals surface area contributed by atoms with Crippen molar-refractivity contribution in [3.63, 3.8) is 0 Å². The maximum atomic E-state index is 10.8. The summed E-state index contributed by atoms with van der Waals surface area (Å²) in [6, 6.07) is 0. The maximum Gasteiger partial charge on any atom is 0.372 e. The van der Waals surface area contributed by atoms with Crippen LogP contribution in [0.3, 0.4) is 0 Å². The first-order valence-electron chi connectivity index (χ1n) is 4.15. The third kappa shape index (κ3) is 1.67. The van der Waals surface area contributed by atoms with Crippen molar-refractivity contribution in [1.29, 1.82) is 0 Å². The second-order valence-electron chi connectivity index (χ2n) is 2.84. The van der Waals surface area contributed by atoms with Crippen LogP contribution in [-0.4, -0.2) is 31.9 Å². The van der Waals surface area contributed by atoms with E-state index in [1.807, 2.05) is 0 Å². The lowest BCUT2D eigenvalue weighted by molar-refractivity contribution is -0.389. The predicted molar refractivity (Wildman–Crippen MR) is 55.8 cm³/mol. The van der Waals surface area contributed by atoms with Crippen molar-refractivity contribution in [1.82, 2.24) is 9.38 Å². The molecular formula is C7H6N4O4S. The number of fused-ring (bicyclic) bond motifs is 1. The highest BCUT2D eigenvalue weighted by molar-refractivity contribution is 7.15. The SMILES string of the molecule is O=C(O)CNc1nc2sccn2c1[N+](=O)[O-]. The van der Waals surface area contributed by atoms with Gasteiger partial charge in [-0.05, 0) is 4.92 Å². The molecule has 84 valence electrons. The van der Waals surface area contributed by atoms with E-state index in [0.717, 1.165) is 0 Å². The average molecular weight is 242 g/mol. The Morgan fingerprint density at radius 2 is 2.50 bits per heavy atom. The number of carboxylic acids is 1. The molecule has 0 bridgehead atoms. The van der Waals surface area contributed by atoms with Crippen molar-refractivity contribution in [2.45, 2.75) is 0 Å². The zero-order valence-electron chi connectivity index (χ0n) is 7.78. The van der Waals surface area contributed by atoms with Crippen molar-refractivity contribution >= 4 is 33.9 Å². The van der Waals surface area contributed by atoms with E-state index in [-0.39, 0.29) is 11.6 Å². The number of aromatic nitrogens is 2. The van der Waals surface area contributed by atoms with E-state index in [9.17, 15) is 14.9 Å². The summed E-state index contributed by atoms with van der Waals surface area (Å²) in [6.45, 7) is -0.411. The molecule has 0 saturated heterocycles. The zero-order chi connectivity index (χ0) is 11.7. The summed E-state index contributed by atoms with van der Waals surface area (Å²) in [7, 11) is 0. The molecule has 9 heteroatoms. The van der Waals surface area contributed by atoms with E-state index in [4.69, 9.17) is 5.11 Å². The van der Waals surface area contributed by atoms with Crippen LogP contribution < -0.4 is 5.32 Å². The van der Waals surface area contributed by atoms with Gasteiger partial charge < -0.3 is 20.5 Å². The lowest BCUT2D eigenvalue weighted by Crippen LogP contribution is -2.13. The van der Waals surface area contributed by atoms with Gasteiger partial charge in [0.15, 0.2) is 0 Å². The quantitative estimate of drug-likeness (QED) is 0.606. The molecule has 0 spiro atoms. The number of aliphatic carboxylic acids is 1. The Bertz CT molecular complexity index is 560. The molecule has 0 unspecified atom stereocenters.